The minimum absolute atomic E-state index is 0.00420. The quantitative estimate of drug-likeness (QED) is 0.220. The van der Waals surface area contributed by atoms with E-state index in [1.54, 1.807) is 79.0 Å². The summed E-state index contributed by atoms with van der Waals surface area (Å²) in [6.45, 7) is 3.86. The molecule has 4 aromatic carbocycles. The van der Waals surface area contributed by atoms with Crippen LogP contribution in [0.1, 0.15) is 32.6 Å². The number of halogens is 1. The van der Waals surface area contributed by atoms with Gasteiger partial charge < -0.3 is 0 Å². The molecule has 0 saturated heterocycles. The molecule has 0 aliphatic carbocycles. The minimum Gasteiger partial charge on any atom is -0.267 e. The number of rotatable bonds is 8. The first-order valence-corrected chi connectivity index (χ1v) is 13.4. The van der Waals surface area contributed by atoms with Gasteiger partial charge in [0.05, 0.1) is 28.9 Å². The van der Waals surface area contributed by atoms with Crippen LogP contribution >= 0.6 is 11.6 Å². The highest BCUT2D eigenvalue weighted by atomic mass is 35.5. The fourth-order valence-electron chi connectivity index (χ4n) is 3.75. The van der Waals surface area contributed by atoms with Crippen molar-refractivity contribution in [2.75, 3.05) is 4.31 Å². The number of aryl methyl sites for hydroxylation is 2. The van der Waals surface area contributed by atoms with E-state index in [0.29, 0.717) is 10.6 Å². The van der Waals surface area contributed by atoms with Gasteiger partial charge in [-0.3, -0.25) is 9.10 Å². The van der Waals surface area contributed by atoms with Crippen molar-refractivity contribution in [1.29, 1.82) is 0 Å². The first kappa shape index (κ1) is 26.1. The van der Waals surface area contributed by atoms with Crippen LogP contribution in [-0.4, -0.2) is 20.5 Å². The number of anilines is 1. The number of nitrogens with zero attached hydrogens (tertiary/aromatic N) is 2. The summed E-state index contributed by atoms with van der Waals surface area (Å²) in [6.07, 6.45) is 1.54. The molecule has 0 aromatic heterocycles. The zero-order chi connectivity index (χ0) is 26.4. The van der Waals surface area contributed by atoms with E-state index in [0.717, 1.165) is 16.7 Å². The van der Waals surface area contributed by atoms with Crippen LogP contribution in [0.3, 0.4) is 0 Å². The zero-order valence-corrected chi connectivity index (χ0v) is 22.0. The highest BCUT2D eigenvalue weighted by Crippen LogP contribution is 2.29. The topological polar surface area (TPSA) is 78.8 Å². The Morgan fingerprint density at radius 2 is 1.59 bits per heavy atom. The van der Waals surface area contributed by atoms with Gasteiger partial charge in [-0.2, -0.15) is 5.10 Å². The second-order valence-electron chi connectivity index (χ2n) is 8.58. The Kier molecular flexibility index (Phi) is 8.06. The highest BCUT2D eigenvalue weighted by Gasteiger charge is 2.28. The van der Waals surface area contributed by atoms with Crippen LogP contribution in [0.2, 0.25) is 5.02 Å². The number of amides is 1. The van der Waals surface area contributed by atoms with E-state index in [1.165, 1.54) is 4.31 Å². The Labute approximate surface area is 222 Å². The van der Waals surface area contributed by atoms with Gasteiger partial charge in [0.15, 0.2) is 0 Å². The van der Waals surface area contributed by atoms with Crippen LogP contribution in [0.25, 0.3) is 0 Å². The lowest BCUT2D eigenvalue weighted by Crippen LogP contribution is -2.33. The molecule has 37 heavy (non-hydrogen) atoms. The van der Waals surface area contributed by atoms with Crippen LogP contribution in [-0.2, 0) is 16.6 Å². The molecule has 0 bridgehead atoms. The summed E-state index contributed by atoms with van der Waals surface area (Å²) in [5.74, 6) is -0.528. The van der Waals surface area contributed by atoms with Crippen molar-refractivity contribution in [2.45, 2.75) is 25.3 Å². The van der Waals surface area contributed by atoms with Crippen molar-refractivity contribution in [1.82, 2.24) is 5.43 Å². The van der Waals surface area contributed by atoms with E-state index in [1.807, 2.05) is 38.1 Å². The third kappa shape index (κ3) is 6.44. The van der Waals surface area contributed by atoms with Gasteiger partial charge in [0.2, 0.25) is 0 Å². The van der Waals surface area contributed by atoms with E-state index < -0.39 is 15.9 Å². The fraction of sp³-hybridized carbons (Fsp3) is 0.103. The summed E-state index contributed by atoms with van der Waals surface area (Å²) in [4.78, 5) is 13.3. The number of benzene rings is 4. The molecule has 0 atom stereocenters. The molecule has 0 heterocycles. The van der Waals surface area contributed by atoms with E-state index in [2.05, 4.69) is 10.5 Å². The summed E-state index contributed by atoms with van der Waals surface area (Å²) in [6, 6.07) is 27.8. The van der Waals surface area contributed by atoms with Gasteiger partial charge in [-0.1, -0.05) is 83.4 Å². The van der Waals surface area contributed by atoms with Gasteiger partial charge in [-0.25, -0.2) is 13.8 Å². The van der Waals surface area contributed by atoms with Gasteiger partial charge in [-0.15, -0.1) is 0 Å². The van der Waals surface area contributed by atoms with Crippen molar-refractivity contribution in [3.05, 3.63) is 130 Å². The lowest BCUT2D eigenvalue weighted by atomic mass is 10.1. The molecule has 0 spiro atoms. The molecule has 1 N–H and O–H groups in total. The Hall–Kier alpha value is -3.94. The van der Waals surface area contributed by atoms with Crippen LogP contribution in [0.5, 0.6) is 0 Å². The van der Waals surface area contributed by atoms with Gasteiger partial charge >= 0.3 is 0 Å². The smallest absolute Gasteiger partial charge is 0.267 e. The minimum atomic E-state index is -4.02. The van der Waals surface area contributed by atoms with Crippen molar-refractivity contribution >= 4 is 39.4 Å². The summed E-state index contributed by atoms with van der Waals surface area (Å²) in [7, 11) is -4.02. The van der Waals surface area contributed by atoms with Crippen LogP contribution in [0.15, 0.2) is 107 Å². The monoisotopic (exact) mass is 531 g/mol. The number of para-hydroxylation sites is 1. The average Bonchev–Trinajstić information content (AvgIpc) is 2.88. The largest absolute Gasteiger partial charge is 0.273 e. The molecule has 0 saturated carbocycles. The SMILES string of the molecule is Cc1ccc(S(=O)(=O)N(Cc2ccc(Cl)cc2)c2ccccc2C(=O)N/N=C/c2cccc(C)c2)cc1. The van der Waals surface area contributed by atoms with Gasteiger partial charge in [0, 0.05) is 5.02 Å². The number of carbonyl (C=O) groups excluding carboxylic acids is 1. The third-order valence-electron chi connectivity index (χ3n) is 5.69. The molecule has 6 nitrogen and oxygen atoms in total. The molecule has 0 aliphatic heterocycles. The summed E-state index contributed by atoms with van der Waals surface area (Å²) in [5, 5.41) is 4.62. The van der Waals surface area contributed by atoms with E-state index in [4.69, 9.17) is 11.6 Å². The Morgan fingerprint density at radius 1 is 0.892 bits per heavy atom. The first-order chi connectivity index (χ1) is 17.7. The van der Waals surface area contributed by atoms with Crippen molar-refractivity contribution < 1.29 is 13.2 Å². The molecular weight excluding hydrogens is 506 g/mol. The number of hydrogen-bond acceptors (Lipinski definition) is 4. The standard InChI is InChI=1S/C29H26ClN3O3S/c1-21-10-16-26(17-11-21)37(35,36)33(20-23-12-14-25(30)15-13-23)28-9-4-3-8-27(28)29(34)32-31-19-24-7-5-6-22(2)18-24/h3-19H,20H2,1-2H3,(H,32,34)/b31-19+. The molecule has 4 rings (SSSR count). The predicted molar refractivity (Wildman–Crippen MR) is 149 cm³/mol. The lowest BCUT2D eigenvalue weighted by Gasteiger charge is -2.26. The van der Waals surface area contributed by atoms with Crippen LogP contribution in [0, 0.1) is 13.8 Å². The Balaban J connectivity index is 1.71. The third-order valence-corrected chi connectivity index (χ3v) is 7.71. The Bertz CT molecular complexity index is 1530. The number of nitrogens with one attached hydrogen (secondary N) is 1. The van der Waals surface area contributed by atoms with Gasteiger partial charge in [0.1, 0.15) is 0 Å². The predicted octanol–water partition coefficient (Wildman–Crippen LogP) is 6.12. The summed E-state index contributed by atoms with van der Waals surface area (Å²) in [5.41, 5.74) is 6.49. The normalized spacial score (nSPS) is 11.4. The number of carbonyl (C=O) groups is 1. The van der Waals surface area contributed by atoms with E-state index in [-0.39, 0.29) is 22.7 Å². The maximum atomic E-state index is 13.9. The summed E-state index contributed by atoms with van der Waals surface area (Å²) < 4.78 is 29.0. The number of hydrazone groups is 1. The van der Waals surface area contributed by atoms with Crippen molar-refractivity contribution in [2.24, 2.45) is 5.10 Å². The van der Waals surface area contributed by atoms with Crippen LogP contribution in [0.4, 0.5) is 5.69 Å². The molecule has 0 aliphatic rings. The molecule has 4 aromatic rings. The van der Waals surface area contributed by atoms with E-state index >= 15 is 0 Å². The van der Waals surface area contributed by atoms with Crippen LogP contribution < -0.4 is 9.73 Å². The fourth-order valence-corrected chi connectivity index (χ4v) is 5.35. The maximum Gasteiger partial charge on any atom is 0.273 e. The highest BCUT2D eigenvalue weighted by molar-refractivity contribution is 7.92. The molecule has 188 valence electrons. The van der Waals surface area contributed by atoms with Gasteiger partial charge in [0.25, 0.3) is 15.9 Å². The molecule has 0 radical (unpaired) electrons. The maximum absolute atomic E-state index is 13.9. The number of hydrogen-bond donors (Lipinski definition) is 1. The molecule has 1 amide bonds. The molecule has 0 fully saturated rings. The lowest BCUT2D eigenvalue weighted by molar-refractivity contribution is 0.0955. The zero-order valence-electron chi connectivity index (χ0n) is 20.4. The van der Waals surface area contributed by atoms with Crippen molar-refractivity contribution in [3.8, 4) is 0 Å². The van der Waals surface area contributed by atoms with Gasteiger partial charge in [-0.05, 0) is 61.4 Å². The second kappa shape index (κ2) is 11.4. The average molecular weight is 532 g/mol. The second-order valence-corrected chi connectivity index (χ2v) is 10.9. The summed E-state index contributed by atoms with van der Waals surface area (Å²) >= 11 is 6.04. The molecular formula is C29H26ClN3O3S. The van der Waals surface area contributed by atoms with E-state index in [9.17, 15) is 13.2 Å². The molecule has 0 unspecified atom stereocenters. The first-order valence-electron chi connectivity index (χ1n) is 11.6. The Morgan fingerprint density at radius 3 is 2.30 bits per heavy atom. The number of sulfonamides is 1. The van der Waals surface area contributed by atoms with Crippen molar-refractivity contribution in [3.63, 3.8) is 0 Å². The molecule has 8 heteroatoms.